The molecule has 34 heavy (non-hydrogen) atoms. The number of rotatable bonds is 4. The van der Waals surface area contributed by atoms with Crippen LogP contribution in [0.3, 0.4) is 0 Å². The summed E-state index contributed by atoms with van der Waals surface area (Å²) < 4.78 is 53.1. The van der Waals surface area contributed by atoms with E-state index in [2.05, 4.69) is 25.6 Å². The minimum Gasteiger partial charge on any atom is -0.454 e. The van der Waals surface area contributed by atoms with Crippen LogP contribution in [0.15, 0.2) is 49.1 Å². The number of para-hydroxylation sites is 1. The number of aromatic nitrogens is 6. The fourth-order valence-corrected chi connectivity index (χ4v) is 3.34. The van der Waals surface area contributed by atoms with Crippen molar-refractivity contribution in [3.05, 3.63) is 65.9 Å². The third-order valence-corrected chi connectivity index (χ3v) is 4.74. The lowest BCUT2D eigenvalue weighted by Crippen LogP contribution is -2.21. The van der Waals surface area contributed by atoms with Crippen molar-refractivity contribution in [2.75, 3.05) is 12.1 Å². The van der Waals surface area contributed by atoms with Gasteiger partial charge in [-0.25, -0.2) is 9.67 Å². The molecule has 0 bridgehead atoms. The van der Waals surface area contributed by atoms with Crippen molar-refractivity contribution in [3.63, 3.8) is 0 Å². The quantitative estimate of drug-likeness (QED) is 0.484. The molecular formula is C20H11F3N8O3. The summed E-state index contributed by atoms with van der Waals surface area (Å²) in [5.74, 6) is -0.670. The molecule has 3 aromatic heterocycles. The van der Waals surface area contributed by atoms with Gasteiger partial charge in [0.25, 0.3) is 5.91 Å². The maximum atomic E-state index is 14.0. The number of carbonyl (C=O) groups is 1. The number of benzene rings is 1. The van der Waals surface area contributed by atoms with Crippen molar-refractivity contribution < 1.29 is 27.4 Å². The second-order valence-electron chi connectivity index (χ2n) is 6.81. The van der Waals surface area contributed by atoms with Crippen molar-refractivity contribution >= 4 is 11.6 Å². The van der Waals surface area contributed by atoms with Gasteiger partial charge in [0.2, 0.25) is 6.79 Å². The molecule has 1 N–H and O–H groups in total. The Kier molecular flexibility index (Phi) is 4.86. The highest BCUT2D eigenvalue weighted by molar-refractivity contribution is 6.05. The number of amides is 1. The molecule has 4 aromatic rings. The molecule has 0 fully saturated rings. The number of anilines is 1. The molecule has 0 atom stereocenters. The highest BCUT2D eigenvalue weighted by Crippen LogP contribution is 2.41. The Labute approximate surface area is 188 Å². The van der Waals surface area contributed by atoms with Crippen molar-refractivity contribution in [1.29, 1.82) is 5.26 Å². The Hall–Kier alpha value is -4.93. The van der Waals surface area contributed by atoms with Crippen LogP contribution >= 0.6 is 0 Å². The summed E-state index contributed by atoms with van der Waals surface area (Å²) in [6.07, 6.45) is -0.197. The van der Waals surface area contributed by atoms with Gasteiger partial charge in [0.15, 0.2) is 23.0 Å². The average molecular weight is 468 g/mol. The zero-order valence-corrected chi connectivity index (χ0v) is 16.8. The predicted octanol–water partition coefficient (Wildman–Crippen LogP) is 2.72. The normalized spacial score (nSPS) is 12.4. The van der Waals surface area contributed by atoms with Crippen LogP contribution in [0.1, 0.15) is 21.6 Å². The number of alkyl halides is 3. The second-order valence-corrected chi connectivity index (χ2v) is 6.81. The van der Waals surface area contributed by atoms with Gasteiger partial charge in [-0.05, 0) is 18.2 Å². The highest BCUT2D eigenvalue weighted by Gasteiger charge is 2.41. The minimum absolute atomic E-state index is 0.00210. The summed E-state index contributed by atoms with van der Waals surface area (Å²) >= 11 is 0. The Morgan fingerprint density at radius 1 is 1.15 bits per heavy atom. The van der Waals surface area contributed by atoms with Crippen LogP contribution in [-0.4, -0.2) is 42.5 Å². The third kappa shape index (κ3) is 3.54. The van der Waals surface area contributed by atoms with Crippen LogP contribution in [0.2, 0.25) is 0 Å². The number of ether oxygens (including phenoxy) is 2. The second kappa shape index (κ2) is 7.89. The lowest BCUT2D eigenvalue weighted by atomic mass is 10.2. The van der Waals surface area contributed by atoms with Gasteiger partial charge in [-0.15, -0.1) is 4.80 Å². The number of hydrogen-bond donors (Lipinski definition) is 1. The number of carbonyl (C=O) groups excluding carboxylic acids is 1. The monoisotopic (exact) mass is 468 g/mol. The van der Waals surface area contributed by atoms with Crippen molar-refractivity contribution in [2.45, 2.75) is 6.18 Å². The topological polar surface area (TPSA) is 133 Å². The first-order valence-corrected chi connectivity index (χ1v) is 9.49. The zero-order chi connectivity index (χ0) is 23.9. The van der Waals surface area contributed by atoms with Gasteiger partial charge in [0.05, 0.1) is 36.0 Å². The van der Waals surface area contributed by atoms with Gasteiger partial charge in [0, 0.05) is 0 Å². The van der Waals surface area contributed by atoms with E-state index >= 15 is 0 Å². The van der Waals surface area contributed by atoms with E-state index in [0.29, 0.717) is 4.68 Å². The molecule has 1 aliphatic heterocycles. The molecule has 0 radical (unpaired) electrons. The number of pyridine rings is 1. The van der Waals surface area contributed by atoms with Gasteiger partial charge >= 0.3 is 6.18 Å². The molecule has 5 rings (SSSR count). The zero-order valence-electron chi connectivity index (χ0n) is 16.8. The largest absolute Gasteiger partial charge is 0.454 e. The average Bonchev–Trinajstić information content (AvgIpc) is 3.58. The van der Waals surface area contributed by atoms with E-state index in [1.165, 1.54) is 36.8 Å². The molecule has 11 nitrogen and oxygen atoms in total. The summed E-state index contributed by atoms with van der Waals surface area (Å²) in [6, 6.07) is 7.52. The molecule has 170 valence electrons. The molecular weight excluding hydrogens is 457 g/mol. The van der Waals surface area contributed by atoms with E-state index in [1.54, 1.807) is 6.07 Å². The summed E-state index contributed by atoms with van der Waals surface area (Å²) in [5, 5.41) is 23.3. The van der Waals surface area contributed by atoms with Crippen molar-refractivity contribution in [2.24, 2.45) is 0 Å². The Balaban J connectivity index is 1.51. The third-order valence-electron chi connectivity index (χ3n) is 4.74. The first-order chi connectivity index (χ1) is 16.4. The van der Waals surface area contributed by atoms with Crippen LogP contribution in [0.25, 0.3) is 11.5 Å². The van der Waals surface area contributed by atoms with Gasteiger partial charge in [0.1, 0.15) is 17.3 Å². The molecule has 0 aliphatic carbocycles. The summed E-state index contributed by atoms with van der Waals surface area (Å²) in [6.45, 7) is -0.152. The number of fused-ring (bicyclic) bond motifs is 1. The first kappa shape index (κ1) is 20.9. The Morgan fingerprint density at radius 3 is 2.68 bits per heavy atom. The number of nitrogens with one attached hydrogen (secondary N) is 1. The molecule has 0 spiro atoms. The molecule has 1 aliphatic rings. The lowest BCUT2D eigenvalue weighted by Gasteiger charge is -2.14. The SMILES string of the molecule is N#Cc1cc(NC(=O)c2cnn(-c3cccc4c3OCO4)c2C(F)(F)F)cnc1-n1nccn1. The molecule has 0 unspecified atom stereocenters. The van der Waals surface area contributed by atoms with E-state index in [-0.39, 0.29) is 41.0 Å². The molecule has 1 amide bonds. The number of nitrogens with zero attached hydrogens (tertiary/aromatic N) is 7. The lowest BCUT2D eigenvalue weighted by molar-refractivity contribution is -0.143. The predicted molar refractivity (Wildman–Crippen MR) is 107 cm³/mol. The summed E-state index contributed by atoms with van der Waals surface area (Å²) in [4.78, 5) is 17.9. The fraction of sp³-hybridized carbons (Fsp3) is 0.100. The summed E-state index contributed by atoms with van der Waals surface area (Å²) in [5.41, 5.74) is -2.08. The number of hydrogen-bond acceptors (Lipinski definition) is 8. The molecule has 4 heterocycles. The highest BCUT2D eigenvalue weighted by atomic mass is 19.4. The number of halogens is 3. The van der Waals surface area contributed by atoms with Crippen LogP contribution < -0.4 is 14.8 Å². The Morgan fingerprint density at radius 2 is 1.94 bits per heavy atom. The van der Waals surface area contributed by atoms with Crippen molar-refractivity contribution in [3.8, 4) is 29.1 Å². The molecule has 0 saturated carbocycles. The number of nitriles is 1. The molecule has 0 saturated heterocycles. The van der Waals surface area contributed by atoms with Gasteiger partial charge in [-0.2, -0.15) is 33.7 Å². The molecule has 1 aromatic carbocycles. The maximum absolute atomic E-state index is 14.0. The maximum Gasteiger partial charge on any atom is 0.434 e. The van der Waals surface area contributed by atoms with Crippen LogP contribution in [-0.2, 0) is 6.18 Å². The van der Waals surface area contributed by atoms with E-state index in [0.717, 1.165) is 11.0 Å². The standard InChI is InChI=1S/C20H11F3N8O3/c21-20(22,23)17-13(9-28-30(17)14-2-1-3-15-16(14)34-10-33-15)19(32)29-12-6-11(7-24)18(25-8-12)31-26-4-5-27-31/h1-6,8-9H,10H2,(H,29,32). The van der Waals surface area contributed by atoms with Crippen LogP contribution in [0.5, 0.6) is 11.5 Å². The fourth-order valence-electron chi connectivity index (χ4n) is 3.34. The van der Waals surface area contributed by atoms with E-state index in [1.807, 2.05) is 6.07 Å². The van der Waals surface area contributed by atoms with E-state index in [4.69, 9.17) is 9.47 Å². The van der Waals surface area contributed by atoms with Gasteiger partial charge in [-0.3, -0.25) is 4.79 Å². The molecule has 14 heteroatoms. The van der Waals surface area contributed by atoms with E-state index in [9.17, 15) is 23.2 Å². The smallest absolute Gasteiger partial charge is 0.434 e. The van der Waals surface area contributed by atoms with Gasteiger partial charge < -0.3 is 14.8 Å². The van der Waals surface area contributed by atoms with Crippen LogP contribution in [0, 0.1) is 11.3 Å². The minimum atomic E-state index is -4.93. The van der Waals surface area contributed by atoms with E-state index < -0.39 is 23.3 Å². The first-order valence-electron chi connectivity index (χ1n) is 9.49. The van der Waals surface area contributed by atoms with Crippen LogP contribution in [0.4, 0.5) is 18.9 Å². The summed E-state index contributed by atoms with van der Waals surface area (Å²) in [7, 11) is 0. The van der Waals surface area contributed by atoms with Crippen molar-refractivity contribution in [1.82, 2.24) is 29.8 Å². The van der Waals surface area contributed by atoms with Gasteiger partial charge in [-0.1, -0.05) is 6.07 Å². The Bertz CT molecular complexity index is 1440.